The molecule has 5 aliphatic rings. The Bertz CT molecular complexity index is 2290. The summed E-state index contributed by atoms with van der Waals surface area (Å²) in [7, 11) is 0. The first-order valence-electron chi connectivity index (χ1n) is 19.0. The zero-order chi connectivity index (χ0) is 39.4. The second-order valence-corrected chi connectivity index (χ2v) is 15.5. The van der Waals surface area contributed by atoms with Crippen molar-refractivity contribution in [3.8, 4) is 0 Å². The van der Waals surface area contributed by atoms with Crippen LogP contribution >= 0.6 is 0 Å². The van der Waals surface area contributed by atoms with Gasteiger partial charge in [0.1, 0.15) is 41.0 Å². The number of carbonyl (C=O) groups is 7. The lowest BCUT2D eigenvalue weighted by Crippen LogP contribution is -2.54. The predicted molar refractivity (Wildman–Crippen MR) is 200 cm³/mol. The third-order valence-corrected chi connectivity index (χ3v) is 11.7. The number of imide groups is 2. The molecule has 3 aliphatic heterocycles. The molecule has 5 N–H and O–H groups in total. The van der Waals surface area contributed by atoms with Crippen LogP contribution in [-0.2, 0) is 24.8 Å². The van der Waals surface area contributed by atoms with Gasteiger partial charge in [-0.1, -0.05) is 6.42 Å². The van der Waals surface area contributed by atoms with Crippen LogP contribution in [0.3, 0.4) is 0 Å². The van der Waals surface area contributed by atoms with Crippen molar-refractivity contribution in [3.05, 3.63) is 69.4 Å². The average molecular weight is 764 g/mol. The third kappa shape index (κ3) is 6.81. The zero-order valence-corrected chi connectivity index (χ0v) is 30.8. The number of unbranched alkanes of at least 4 members (excludes halogenated alkanes) is 2. The topological polar surface area (TPSA) is 231 Å². The van der Waals surface area contributed by atoms with Gasteiger partial charge in [0.2, 0.25) is 23.6 Å². The monoisotopic (exact) mass is 763 g/mol. The maximum Gasteiger partial charge on any atom is 0.276 e. The van der Waals surface area contributed by atoms with Gasteiger partial charge >= 0.3 is 0 Å². The van der Waals surface area contributed by atoms with Gasteiger partial charge in [-0.3, -0.25) is 53.1 Å². The van der Waals surface area contributed by atoms with E-state index in [1.807, 2.05) is 0 Å². The number of aryl methyl sites for hydroxylation is 1. The summed E-state index contributed by atoms with van der Waals surface area (Å²) in [6.45, 7) is 1.81. The Kier molecular flexibility index (Phi) is 9.25. The minimum Gasteiger partial charge on any atom is -0.336 e. The summed E-state index contributed by atoms with van der Waals surface area (Å²) in [5.41, 5.74) is 1.16. The SMILES string of the molecule is Cc1cc(Nc2cc(NC(=O)CCCCCC(=O)Nc3ccc4c(c3)C(=O)N(C3CCC(=O)NC3=O)C4=O)ncn2)c(=O)n2c1C(=O)NC21CCC2(CC2)CC1. The van der Waals surface area contributed by atoms with Crippen LogP contribution in [0.4, 0.5) is 23.0 Å². The molecule has 17 heteroatoms. The molecule has 0 bridgehead atoms. The van der Waals surface area contributed by atoms with Crippen molar-refractivity contribution in [1.29, 1.82) is 0 Å². The van der Waals surface area contributed by atoms with Crippen molar-refractivity contribution in [2.24, 2.45) is 5.41 Å². The van der Waals surface area contributed by atoms with Gasteiger partial charge in [-0.15, -0.1) is 0 Å². The van der Waals surface area contributed by atoms with E-state index >= 15 is 0 Å². The van der Waals surface area contributed by atoms with E-state index in [2.05, 4.69) is 36.6 Å². The molecule has 17 nitrogen and oxygen atoms in total. The molecular formula is C39H41N9O8. The standard InChI is InChI=1S/C39H41N9O8/c1-21-17-25(37(56)48-32(21)34(53)46-39(48)15-13-38(11-12-38)14-16-39)43-27-19-28(41-20-40-27)44-30(50)6-4-2-3-5-29(49)42-22-7-8-23-24(18-22)36(55)47(35(23)54)26-9-10-31(51)45-33(26)52/h7-8,17-20,26H,2-6,9-16H2,1H3,(H,42,49)(H,46,53)(H,45,51,52)(H2,40,41,43,44,50). The van der Waals surface area contributed by atoms with Gasteiger partial charge in [-0.25, -0.2) is 9.97 Å². The third-order valence-electron chi connectivity index (χ3n) is 11.7. The maximum atomic E-state index is 13.8. The first-order chi connectivity index (χ1) is 26.8. The number of piperidine rings is 1. The number of carbonyl (C=O) groups excluding carboxylic acids is 7. The van der Waals surface area contributed by atoms with E-state index in [0.717, 1.165) is 17.7 Å². The zero-order valence-electron chi connectivity index (χ0n) is 30.8. The number of aromatic nitrogens is 3. The van der Waals surface area contributed by atoms with E-state index in [1.54, 1.807) is 17.6 Å². The predicted octanol–water partition coefficient (Wildman–Crippen LogP) is 3.37. The van der Waals surface area contributed by atoms with E-state index in [9.17, 15) is 38.4 Å². The lowest BCUT2D eigenvalue weighted by molar-refractivity contribution is -0.136. The van der Waals surface area contributed by atoms with Crippen LogP contribution in [0.2, 0.25) is 0 Å². The summed E-state index contributed by atoms with van der Waals surface area (Å²) in [6, 6.07) is 6.43. The van der Waals surface area contributed by atoms with Crippen molar-refractivity contribution in [2.75, 3.05) is 16.0 Å². The largest absolute Gasteiger partial charge is 0.336 e. The Labute approximate surface area is 320 Å². The van der Waals surface area contributed by atoms with Crippen LogP contribution in [0.1, 0.15) is 120 Å². The second-order valence-electron chi connectivity index (χ2n) is 15.5. The minimum atomic E-state index is -1.08. The quantitative estimate of drug-likeness (QED) is 0.140. The molecule has 3 aromatic rings. The number of anilines is 4. The highest BCUT2D eigenvalue weighted by atomic mass is 16.2. The molecule has 56 heavy (non-hydrogen) atoms. The normalized spacial score (nSPS) is 20.1. The molecule has 290 valence electrons. The fraction of sp³-hybridized carbons (Fsp3) is 0.436. The molecule has 2 aromatic heterocycles. The highest BCUT2D eigenvalue weighted by Crippen LogP contribution is 2.59. The molecule has 5 heterocycles. The highest BCUT2D eigenvalue weighted by Gasteiger charge is 2.54. The number of nitrogens with zero attached hydrogens (tertiary/aromatic N) is 4. The summed E-state index contributed by atoms with van der Waals surface area (Å²) in [5.74, 6) is -2.73. The smallest absolute Gasteiger partial charge is 0.276 e. The maximum absolute atomic E-state index is 13.8. The first-order valence-corrected chi connectivity index (χ1v) is 19.0. The number of benzene rings is 1. The van der Waals surface area contributed by atoms with Crippen LogP contribution < -0.4 is 32.1 Å². The summed E-state index contributed by atoms with van der Waals surface area (Å²) in [6.07, 6.45) is 9.03. The van der Waals surface area contributed by atoms with Crippen LogP contribution in [-0.4, -0.2) is 66.8 Å². The van der Waals surface area contributed by atoms with E-state index in [0.29, 0.717) is 60.3 Å². The molecule has 8 rings (SSSR count). The Morgan fingerprint density at radius 2 is 1.50 bits per heavy atom. The fourth-order valence-electron chi connectivity index (χ4n) is 8.43. The van der Waals surface area contributed by atoms with Crippen molar-refractivity contribution in [1.82, 2.24) is 30.1 Å². The van der Waals surface area contributed by atoms with Gasteiger partial charge in [0, 0.05) is 31.0 Å². The first kappa shape index (κ1) is 36.7. The van der Waals surface area contributed by atoms with Gasteiger partial charge in [0.25, 0.3) is 23.3 Å². The number of hydrogen-bond acceptors (Lipinski definition) is 11. The van der Waals surface area contributed by atoms with E-state index in [1.165, 1.54) is 43.4 Å². The molecule has 2 spiro atoms. The molecule has 2 aliphatic carbocycles. The number of nitrogens with one attached hydrogen (secondary N) is 5. The van der Waals surface area contributed by atoms with Crippen LogP contribution in [0.15, 0.2) is 41.5 Å². The molecule has 2 saturated carbocycles. The molecular weight excluding hydrogens is 722 g/mol. The Morgan fingerprint density at radius 3 is 2.21 bits per heavy atom. The summed E-state index contributed by atoms with van der Waals surface area (Å²) in [4.78, 5) is 111. The summed E-state index contributed by atoms with van der Waals surface area (Å²) in [5, 5.41) is 13.8. The number of fused-ring (bicyclic) bond motifs is 3. The van der Waals surface area contributed by atoms with Gasteiger partial charge in [-0.05, 0) is 100.0 Å². The number of rotatable bonds is 11. The van der Waals surface area contributed by atoms with Crippen molar-refractivity contribution < 1.29 is 33.6 Å². The average Bonchev–Trinajstić information content (AvgIpc) is 3.80. The second kappa shape index (κ2) is 14.1. The Morgan fingerprint density at radius 1 is 0.821 bits per heavy atom. The Hall–Kier alpha value is -6.26. The molecule has 3 fully saturated rings. The van der Waals surface area contributed by atoms with Crippen molar-refractivity contribution >= 4 is 64.4 Å². The van der Waals surface area contributed by atoms with Gasteiger partial charge in [0.15, 0.2) is 0 Å². The molecule has 1 unspecified atom stereocenters. The van der Waals surface area contributed by atoms with Crippen LogP contribution in [0, 0.1) is 12.3 Å². The molecule has 0 radical (unpaired) electrons. The lowest BCUT2D eigenvalue weighted by Gasteiger charge is -2.39. The number of amides is 7. The minimum absolute atomic E-state index is 0.0161. The van der Waals surface area contributed by atoms with E-state index in [4.69, 9.17) is 0 Å². The van der Waals surface area contributed by atoms with Crippen LogP contribution in [0.25, 0.3) is 0 Å². The molecule has 7 amide bonds. The van der Waals surface area contributed by atoms with Crippen LogP contribution in [0.5, 0.6) is 0 Å². The summed E-state index contributed by atoms with van der Waals surface area (Å²) >= 11 is 0. The number of hydrogen-bond donors (Lipinski definition) is 5. The Balaban J connectivity index is 0.802. The highest BCUT2D eigenvalue weighted by molar-refractivity contribution is 6.24. The van der Waals surface area contributed by atoms with E-state index < -0.39 is 35.3 Å². The van der Waals surface area contributed by atoms with Gasteiger partial charge < -0.3 is 21.3 Å². The molecule has 1 aromatic carbocycles. The molecule has 1 saturated heterocycles. The molecule has 1 atom stereocenters. The lowest BCUT2D eigenvalue weighted by atomic mass is 9.79. The fourth-order valence-corrected chi connectivity index (χ4v) is 8.43. The summed E-state index contributed by atoms with van der Waals surface area (Å²) < 4.78 is 1.63. The van der Waals surface area contributed by atoms with E-state index in [-0.39, 0.29) is 71.6 Å². The number of pyridine rings is 1. The van der Waals surface area contributed by atoms with Gasteiger partial charge in [0.05, 0.1) is 11.1 Å². The van der Waals surface area contributed by atoms with Gasteiger partial charge in [-0.2, -0.15) is 0 Å². The van der Waals surface area contributed by atoms with Crippen molar-refractivity contribution in [3.63, 3.8) is 0 Å². The van der Waals surface area contributed by atoms with Crippen molar-refractivity contribution in [2.45, 2.75) is 102 Å².